The summed E-state index contributed by atoms with van der Waals surface area (Å²) >= 11 is 3.67. The summed E-state index contributed by atoms with van der Waals surface area (Å²) in [6.07, 6.45) is 0. The molecule has 125 valence electrons. The van der Waals surface area contributed by atoms with Gasteiger partial charge < -0.3 is 0 Å². The van der Waals surface area contributed by atoms with Crippen LogP contribution in [0.15, 0.2) is 114 Å². The molecular weight excluding hydrogens is 396 g/mol. The Bertz CT molecular complexity index is 943. The first-order valence-corrected chi connectivity index (χ1v) is 11.0. The molecule has 0 aliphatic carbocycles. The van der Waals surface area contributed by atoms with Crippen molar-refractivity contribution >= 4 is 40.3 Å². The maximum Gasteiger partial charge on any atom is 0.155 e. The van der Waals surface area contributed by atoms with E-state index in [1.807, 2.05) is 0 Å². The molecular formula is C24H18BrSi. The molecule has 0 bridgehead atoms. The molecule has 0 fully saturated rings. The lowest BCUT2D eigenvalue weighted by atomic mass is 10.1. The number of hydrogen-bond donors (Lipinski definition) is 0. The van der Waals surface area contributed by atoms with Crippen LogP contribution in [0.3, 0.4) is 0 Å². The molecule has 4 aromatic rings. The van der Waals surface area contributed by atoms with Crippen LogP contribution in [0.1, 0.15) is 0 Å². The Balaban J connectivity index is 1.95. The second-order valence-electron chi connectivity index (χ2n) is 6.16. The molecule has 0 aliphatic heterocycles. The fourth-order valence-corrected chi connectivity index (χ4v) is 6.38. The van der Waals surface area contributed by atoms with Crippen LogP contribution in [0.2, 0.25) is 0 Å². The highest BCUT2D eigenvalue weighted by Crippen LogP contribution is 2.22. The Hall–Kier alpha value is -2.42. The number of rotatable bonds is 4. The number of halogens is 1. The maximum atomic E-state index is 3.67. The van der Waals surface area contributed by atoms with Gasteiger partial charge in [-0.2, -0.15) is 0 Å². The molecule has 0 unspecified atom stereocenters. The van der Waals surface area contributed by atoms with Gasteiger partial charge in [-0.3, -0.25) is 0 Å². The zero-order chi connectivity index (χ0) is 17.8. The summed E-state index contributed by atoms with van der Waals surface area (Å²) in [4.78, 5) is 0. The summed E-state index contributed by atoms with van der Waals surface area (Å²) in [6, 6.07) is 39.2. The quantitative estimate of drug-likeness (QED) is 0.337. The minimum atomic E-state index is -1.09. The molecule has 2 heteroatoms. The zero-order valence-electron chi connectivity index (χ0n) is 14.3. The lowest BCUT2D eigenvalue weighted by Crippen LogP contribution is -2.52. The van der Waals surface area contributed by atoms with Gasteiger partial charge in [-0.25, -0.2) is 0 Å². The largest absolute Gasteiger partial charge is 0.155 e. The molecule has 1 radical (unpaired) electrons. The monoisotopic (exact) mass is 413 g/mol. The second kappa shape index (κ2) is 7.86. The molecule has 0 saturated heterocycles. The van der Waals surface area contributed by atoms with Crippen LogP contribution in [0, 0.1) is 0 Å². The standard InChI is InChI=1S/C24H18BrSi/c25-20-16-17-24(23(18-20)19-10-4-1-5-11-19)26(21-12-6-2-7-13-21)22-14-8-3-9-15-22/h1-18H. The highest BCUT2D eigenvalue weighted by Gasteiger charge is 2.22. The summed E-state index contributed by atoms with van der Waals surface area (Å²) in [5.74, 6) is 0. The van der Waals surface area contributed by atoms with E-state index >= 15 is 0 Å². The lowest BCUT2D eigenvalue weighted by molar-refractivity contribution is 1.61. The van der Waals surface area contributed by atoms with Crippen molar-refractivity contribution < 1.29 is 0 Å². The van der Waals surface area contributed by atoms with Gasteiger partial charge in [-0.1, -0.05) is 123 Å². The van der Waals surface area contributed by atoms with Gasteiger partial charge in [0.15, 0.2) is 8.80 Å². The molecule has 0 aromatic heterocycles. The van der Waals surface area contributed by atoms with Crippen LogP contribution >= 0.6 is 15.9 Å². The summed E-state index contributed by atoms with van der Waals surface area (Å²) in [5.41, 5.74) is 2.57. The van der Waals surface area contributed by atoms with Crippen molar-refractivity contribution in [2.75, 3.05) is 0 Å². The van der Waals surface area contributed by atoms with Crippen molar-refractivity contribution in [1.82, 2.24) is 0 Å². The molecule has 4 rings (SSSR count). The smallest absolute Gasteiger partial charge is 0.0624 e. The second-order valence-corrected chi connectivity index (χ2v) is 9.52. The SMILES string of the molecule is Brc1ccc([Si](c2ccccc2)c2ccccc2)c(-c2ccccc2)c1. The van der Waals surface area contributed by atoms with Crippen LogP contribution in [-0.2, 0) is 0 Å². The summed E-state index contributed by atoms with van der Waals surface area (Å²) in [6.45, 7) is 0. The van der Waals surface area contributed by atoms with Gasteiger partial charge in [-0.15, -0.1) is 0 Å². The van der Waals surface area contributed by atoms with Crippen molar-refractivity contribution in [3.8, 4) is 11.1 Å². The average molecular weight is 414 g/mol. The highest BCUT2D eigenvalue weighted by atomic mass is 79.9. The van der Waals surface area contributed by atoms with Gasteiger partial charge in [0.1, 0.15) is 0 Å². The van der Waals surface area contributed by atoms with Gasteiger partial charge >= 0.3 is 0 Å². The predicted octanol–water partition coefficient (Wildman–Crippen LogP) is 4.63. The van der Waals surface area contributed by atoms with Crippen molar-refractivity contribution in [3.63, 3.8) is 0 Å². The maximum absolute atomic E-state index is 3.67. The van der Waals surface area contributed by atoms with Gasteiger partial charge in [-0.05, 0) is 28.4 Å². The van der Waals surface area contributed by atoms with E-state index in [1.54, 1.807) is 0 Å². The van der Waals surface area contributed by atoms with E-state index in [0.29, 0.717) is 0 Å². The van der Waals surface area contributed by atoms with E-state index < -0.39 is 8.80 Å². The van der Waals surface area contributed by atoms with Gasteiger partial charge in [0.25, 0.3) is 0 Å². The fourth-order valence-electron chi connectivity index (χ4n) is 3.28. The molecule has 0 heterocycles. The van der Waals surface area contributed by atoms with Crippen LogP contribution < -0.4 is 15.6 Å². The minimum absolute atomic E-state index is 1.09. The van der Waals surface area contributed by atoms with Crippen LogP contribution in [0.25, 0.3) is 11.1 Å². The normalized spacial score (nSPS) is 10.8. The molecule has 26 heavy (non-hydrogen) atoms. The number of hydrogen-bond acceptors (Lipinski definition) is 0. The van der Waals surface area contributed by atoms with Gasteiger partial charge in [0, 0.05) is 4.47 Å². The third-order valence-corrected chi connectivity index (χ3v) is 7.75. The zero-order valence-corrected chi connectivity index (χ0v) is 16.9. The molecule has 0 saturated carbocycles. The summed E-state index contributed by atoms with van der Waals surface area (Å²) < 4.78 is 1.11. The van der Waals surface area contributed by atoms with Gasteiger partial charge in [0.05, 0.1) is 0 Å². The highest BCUT2D eigenvalue weighted by molar-refractivity contribution is 9.10. The molecule has 0 nitrogen and oxygen atoms in total. The van der Waals surface area contributed by atoms with E-state index in [2.05, 4.69) is 125 Å². The summed E-state index contributed by atoms with van der Waals surface area (Å²) in [7, 11) is -1.09. The Labute approximate surface area is 164 Å². The fraction of sp³-hybridized carbons (Fsp3) is 0. The predicted molar refractivity (Wildman–Crippen MR) is 117 cm³/mol. The van der Waals surface area contributed by atoms with E-state index in [9.17, 15) is 0 Å². The lowest BCUT2D eigenvalue weighted by Gasteiger charge is -2.20. The van der Waals surface area contributed by atoms with E-state index in [1.165, 1.54) is 26.7 Å². The topological polar surface area (TPSA) is 0 Å². The average Bonchev–Trinajstić information content (AvgIpc) is 2.71. The van der Waals surface area contributed by atoms with Gasteiger partial charge in [0.2, 0.25) is 0 Å². The first-order valence-electron chi connectivity index (χ1n) is 8.66. The number of benzene rings is 4. The first kappa shape index (κ1) is 17.0. The Morgan fingerprint density at radius 2 is 1.04 bits per heavy atom. The Morgan fingerprint density at radius 3 is 1.58 bits per heavy atom. The molecule has 0 aliphatic rings. The van der Waals surface area contributed by atoms with Crippen molar-refractivity contribution in [3.05, 3.63) is 114 Å². The molecule has 0 atom stereocenters. The minimum Gasteiger partial charge on any atom is -0.0624 e. The third kappa shape index (κ3) is 3.57. The van der Waals surface area contributed by atoms with E-state index in [-0.39, 0.29) is 0 Å². The van der Waals surface area contributed by atoms with Crippen molar-refractivity contribution in [2.45, 2.75) is 0 Å². The Morgan fingerprint density at radius 1 is 0.538 bits per heavy atom. The molecule has 4 aromatic carbocycles. The Kier molecular flexibility index (Phi) is 5.14. The molecule has 0 spiro atoms. The molecule has 0 amide bonds. The first-order chi connectivity index (χ1) is 12.8. The van der Waals surface area contributed by atoms with Crippen molar-refractivity contribution in [2.24, 2.45) is 0 Å². The van der Waals surface area contributed by atoms with E-state index in [4.69, 9.17) is 0 Å². The van der Waals surface area contributed by atoms with Crippen molar-refractivity contribution in [1.29, 1.82) is 0 Å². The van der Waals surface area contributed by atoms with Crippen LogP contribution in [0.5, 0.6) is 0 Å². The van der Waals surface area contributed by atoms with Crippen LogP contribution in [-0.4, -0.2) is 8.80 Å². The van der Waals surface area contributed by atoms with Crippen LogP contribution in [0.4, 0.5) is 0 Å². The third-order valence-electron chi connectivity index (χ3n) is 4.46. The van der Waals surface area contributed by atoms with E-state index in [0.717, 1.165) is 4.47 Å². The molecule has 0 N–H and O–H groups in total. The summed E-state index contributed by atoms with van der Waals surface area (Å²) in [5, 5.41) is 4.23.